The van der Waals surface area contributed by atoms with Gasteiger partial charge in [0.15, 0.2) is 0 Å². The molecule has 0 aromatic carbocycles. The molecular weight excluding hydrogens is 394 g/mol. The molecule has 3 unspecified atom stereocenters. The molecule has 0 radical (unpaired) electrons. The van der Waals surface area contributed by atoms with E-state index in [9.17, 15) is 14.7 Å². The molecule has 8 nitrogen and oxygen atoms in total. The molecule has 0 saturated carbocycles. The van der Waals surface area contributed by atoms with Gasteiger partial charge < -0.3 is 24.9 Å². The van der Waals surface area contributed by atoms with Crippen LogP contribution in [0.15, 0.2) is 34.6 Å². The zero-order valence-electron chi connectivity index (χ0n) is 17.1. The van der Waals surface area contributed by atoms with Gasteiger partial charge in [-0.25, -0.2) is 0 Å². The van der Waals surface area contributed by atoms with E-state index in [-0.39, 0.29) is 24.1 Å². The van der Waals surface area contributed by atoms with E-state index < -0.39 is 11.8 Å². The van der Waals surface area contributed by atoms with Crippen LogP contribution in [0.1, 0.15) is 45.3 Å². The van der Waals surface area contributed by atoms with Gasteiger partial charge in [-0.1, -0.05) is 26.0 Å². The summed E-state index contributed by atoms with van der Waals surface area (Å²) in [6.07, 6.45) is 3.04. The summed E-state index contributed by atoms with van der Waals surface area (Å²) in [6.45, 7) is 9.50. The second-order valence-corrected chi connectivity index (χ2v) is 7.77. The van der Waals surface area contributed by atoms with E-state index in [0.29, 0.717) is 35.3 Å². The second kappa shape index (κ2) is 10.6. The summed E-state index contributed by atoms with van der Waals surface area (Å²) >= 11 is 1.30. The SMILES string of the molecule is C=CCOc1cc(C(CCC)NC(=O)C2CSC(C(C)(O)OCC)=N2)[nH]c(=O)c1. The number of carbonyl (C=O) groups excluding carboxylic acids is 1. The number of rotatable bonds is 11. The molecule has 0 aliphatic carbocycles. The Bertz CT molecular complexity index is 806. The maximum atomic E-state index is 12.8. The number of hydrogen-bond donors (Lipinski definition) is 3. The Morgan fingerprint density at radius 1 is 1.55 bits per heavy atom. The van der Waals surface area contributed by atoms with Crippen molar-refractivity contribution in [3.05, 3.63) is 40.8 Å². The molecule has 2 rings (SSSR count). The second-order valence-electron chi connectivity index (χ2n) is 6.76. The third kappa shape index (κ3) is 6.45. The van der Waals surface area contributed by atoms with Crippen LogP contribution in [0.2, 0.25) is 0 Å². The highest BCUT2D eigenvalue weighted by Gasteiger charge is 2.36. The van der Waals surface area contributed by atoms with E-state index in [1.54, 1.807) is 19.1 Å². The van der Waals surface area contributed by atoms with Crippen molar-refractivity contribution in [3.63, 3.8) is 0 Å². The van der Waals surface area contributed by atoms with Gasteiger partial charge in [-0.2, -0.15) is 0 Å². The number of aliphatic imine (C=N–C) groups is 1. The summed E-state index contributed by atoms with van der Waals surface area (Å²) in [5.74, 6) is -0.929. The number of amides is 1. The molecule has 160 valence electrons. The molecule has 0 spiro atoms. The lowest BCUT2D eigenvalue weighted by Gasteiger charge is -2.22. The van der Waals surface area contributed by atoms with Crippen molar-refractivity contribution in [2.45, 2.75) is 51.5 Å². The normalized spacial score (nSPS) is 19.2. The van der Waals surface area contributed by atoms with Crippen LogP contribution in [0.4, 0.5) is 0 Å². The lowest BCUT2D eigenvalue weighted by molar-refractivity contribution is -0.130. The molecule has 1 aromatic rings. The lowest BCUT2D eigenvalue weighted by atomic mass is 10.1. The van der Waals surface area contributed by atoms with Crippen LogP contribution < -0.4 is 15.6 Å². The molecule has 2 heterocycles. The number of H-pyrrole nitrogens is 1. The van der Waals surface area contributed by atoms with Gasteiger partial charge in [0.05, 0.1) is 6.04 Å². The van der Waals surface area contributed by atoms with Gasteiger partial charge in [0.1, 0.15) is 23.4 Å². The molecular formula is C20H29N3O5S. The largest absolute Gasteiger partial charge is 0.489 e. The Labute approximate surface area is 174 Å². The van der Waals surface area contributed by atoms with Gasteiger partial charge in [0.2, 0.25) is 11.7 Å². The molecule has 3 N–H and O–H groups in total. The quantitative estimate of drug-likeness (QED) is 0.371. The van der Waals surface area contributed by atoms with Crippen LogP contribution in [0.5, 0.6) is 5.75 Å². The Morgan fingerprint density at radius 2 is 2.31 bits per heavy atom. The number of carbonyl (C=O) groups is 1. The Kier molecular flexibility index (Phi) is 8.48. The van der Waals surface area contributed by atoms with Crippen LogP contribution in [-0.2, 0) is 9.53 Å². The number of nitrogens with one attached hydrogen (secondary N) is 2. The average molecular weight is 424 g/mol. The van der Waals surface area contributed by atoms with Gasteiger partial charge in [-0.15, -0.1) is 11.8 Å². The number of aromatic amines is 1. The first-order valence-electron chi connectivity index (χ1n) is 9.66. The highest BCUT2D eigenvalue weighted by molar-refractivity contribution is 8.14. The highest BCUT2D eigenvalue weighted by atomic mass is 32.2. The molecule has 1 aliphatic rings. The van der Waals surface area contributed by atoms with E-state index in [2.05, 4.69) is 21.9 Å². The van der Waals surface area contributed by atoms with E-state index in [1.807, 2.05) is 6.92 Å². The summed E-state index contributed by atoms with van der Waals surface area (Å²) in [7, 11) is 0. The van der Waals surface area contributed by atoms with Gasteiger partial charge >= 0.3 is 0 Å². The zero-order valence-corrected chi connectivity index (χ0v) is 17.9. The number of thioether (sulfide) groups is 1. The predicted molar refractivity (Wildman–Crippen MR) is 114 cm³/mol. The third-order valence-corrected chi connectivity index (χ3v) is 5.49. The minimum Gasteiger partial charge on any atom is -0.489 e. The number of ether oxygens (including phenoxy) is 2. The third-order valence-electron chi connectivity index (χ3n) is 4.25. The molecule has 3 atom stereocenters. The van der Waals surface area contributed by atoms with Crippen molar-refractivity contribution in [1.29, 1.82) is 0 Å². The van der Waals surface area contributed by atoms with Crippen LogP contribution in [0, 0.1) is 0 Å². The van der Waals surface area contributed by atoms with Gasteiger partial charge in [-0.3, -0.25) is 14.6 Å². The van der Waals surface area contributed by atoms with Gasteiger partial charge in [-0.05, 0) is 20.3 Å². The Balaban J connectivity index is 2.16. The van der Waals surface area contributed by atoms with Crippen molar-refractivity contribution in [2.24, 2.45) is 4.99 Å². The van der Waals surface area contributed by atoms with Crippen LogP contribution in [-0.4, -0.2) is 51.8 Å². The number of aromatic nitrogens is 1. The van der Waals surface area contributed by atoms with Gasteiger partial charge in [0.25, 0.3) is 5.56 Å². The zero-order chi connectivity index (χ0) is 21.4. The maximum absolute atomic E-state index is 12.8. The first-order valence-corrected chi connectivity index (χ1v) is 10.6. The van der Waals surface area contributed by atoms with Crippen LogP contribution in [0.3, 0.4) is 0 Å². The molecule has 9 heteroatoms. The smallest absolute Gasteiger partial charge is 0.251 e. The summed E-state index contributed by atoms with van der Waals surface area (Å²) < 4.78 is 10.8. The number of aliphatic hydroxyl groups is 1. The van der Waals surface area contributed by atoms with Crippen LogP contribution >= 0.6 is 11.8 Å². The van der Waals surface area contributed by atoms with E-state index in [0.717, 1.165) is 6.42 Å². The van der Waals surface area contributed by atoms with E-state index in [1.165, 1.54) is 24.8 Å². The van der Waals surface area contributed by atoms with Crippen LogP contribution in [0.25, 0.3) is 0 Å². The van der Waals surface area contributed by atoms with E-state index >= 15 is 0 Å². The fourth-order valence-corrected chi connectivity index (χ4v) is 4.00. The molecule has 1 aromatic heterocycles. The number of pyridine rings is 1. The van der Waals surface area contributed by atoms with Crippen molar-refractivity contribution in [2.75, 3.05) is 19.0 Å². The van der Waals surface area contributed by atoms with Crippen molar-refractivity contribution < 1.29 is 19.4 Å². The number of nitrogens with zero attached hydrogens (tertiary/aromatic N) is 1. The summed E-state index contributed by atoms with van der Waals surface area (Å²) in [6, 6.07) is 2.05. The number of hydrogen-bond acceptors (Lipinski definition) is 7. The minimum absolute atomic E-state index is 0.267. The topological polar surface area (TPSA) is 113 Å². The summed E-state index contributed by atoms with van der Waals surface area (Å²) in [5, 5.41) is 13.7. The van der Waals surface area contributed by atoms with Crippen molar-refractivity contribution >= 4 is 22.7 Å². The molecule has 0 saturated heterocycles. The highest BCUT2D eigenvalue weighted by Crippen LogP contribution is 2.28. The van der Waals surface area contributed by atoms with Crippen molar-refractivity contribution in [1.82, 2.24) is 10.3 Å². The Hall–Kier alpha value is -2.10. The maximum Gasteiger partial charge on any atom is 0.251 e. The average Bonchev–Trinajstić information content (AvgIpc) is 3.17. The predicted octanol–water partition coefficient (Wildman–Crippen LogP) is 2.16. The molecule has 29 heavy (non-hydrogen) atoms. The fourth-order valence-electron chi connectivity index (χ4n) is 2.93. The molecule has 0 fully saturated rings. The minimum atomic E-state index is -1.50. The van der Waals surface area contributed by atoms with Crippen molar-refractivity contribution in [3.8, 4) is 5.75 Å². The first kappa shape index (κ1) is 23.2. The van der Waals surface area contributed by atoms with Gasteiger partial charge in [0, 0.05) is 30.2 Å². The molecule has 1 aliphatic heterocycles. The first-order chi connectivity index (χ1) is 13.8. The summed E-state index contributed by atoms with van der Waals surface area (Å²) in [4.78, 5) is 31.9. The fraction of sp³-hybridized carbons (Fsp3) is 0.550. The molecule has 1 amide bonds. The molecule has 0 bridgehead atoms. The lowest BCUT2D eigenvalue weighted by Crippen LogP contribution is -2.38. The standard InChI is InChI=1S/C20H29N3O5S/c1-5-8-14(15-10-13(27-9-6-2)11-17(24)21-15)22-18(25)16-12-29-19(23-16)20(4,26)28-7-3/h6,10-11,14,16,26H,2,5,7-9,12H2,1,3-4H3,(H,21,24)(H,22,25). The summed E-state index contributed by atoms with van der Waals surface area (Å²) in [5.41, 5.74) is 0.268. The van der Waals surface area contributed by atoms with E-state index in [4.69, 9.17) is 9.47 Å². The monoisotopic (exact) mass is 423 g/mol. The Morgan fingerprint density at radius 3 is 2.97 bits per heavy atom.